The van der Waals surface area contributed by atoms with Crippen molar-refractivity contribution in [2.75, 3.05) is 0 Å². The third kappa shape index (κ3) is 4.30. The number of rotatable bonds is 5. The molecular weight excluding hydrogens is 368 g/mol. The number of fused-ring (bicyclic) bond motifs is 1. The van der Waals surface area contributed by atoms with Crippen LogP contribution < -0.4 is 0 Å². The van der Waals surface area contributed by atoms with Crippen LogP contribution in [0.2, 0.25) is 0 Å². The minimum Gasteiger partial charge on any atom is -0.464 e. The van der Waals surface area contributed by atoms with Crippen LogP contribution in [0.15, 0.2) is 58.1 Å². The second kappa shape index (κ2) is 8.09. The van der Waals surface area contributed by atoms with E-state index in [4.69, 9.17) is 21.1 Å². The molecule has 0 saturated carbocycles. The Balaban J connectivity index is 2.36. The van der Waals surface area contributed by atoms with Crippen LogP contribution in [0, 0.1) is 5.92 Å². The lowest BCUT2D eigenvalue weighted by Crippen LogP contribution is -2.51. The zero-order valence-corrected chi connectivity index (χ0v) is 16.8. The highest BCUT2D eigenvalue weighted by molar-refractivity contribution is 6.49. The van der Waals surface area contributed by atoms with Gasteiger partial charge in [-0.2, -0.15) is 0 Å². The first-order valence-electron chi connectivity index (χ1n) is 8.74. The van der Waals surface area contributed by atoms with E-state index in [2.05, 4.69) is 19.9 Å². The topological polar surface area (TPSA) is 69.7 Å². The maximum absolute atomic E-state index is 12.7. The van der Waals surface area contributed by atoms with Gasteiger partial charge in [-0.05, 0) is 31.9 Å². The number of ether oxygens (including phenoxy) is 2. The predicted molar refractivity (Wildman–Crippen MR) is 103 cm³/mol. The number of ketones is 2. The molecule has 0 aromatic carbocycles. The van der Waals surface area contributed by atoms with Gasteiger partial charge in [-0.25, -0.2) is 0 Å². The van der Waals surface area contributed by atoms with Crippen molar-refractivity contribution in [3.8, 4) is 0 Å². The summed E-state index contributed by atoms with van der Waals surface area (Å²) in [6, 6.07) is 0. The van der Waals surface area contributed by atoms with E-state index in [1.165, 1.54) is 19.3 Å². The zero-order valence-electron chi connectivity index (χ0n) is 16.1. The molecule has 0 radical (unpaired) electrons. The largest absolute Gasteiger partial charge is 0.464 e. The lowest BCUT2D eigenvalue weighted by molar-refractivity contribution is -0.167. The van der Waals surface area contributed by atoms with E-state index >= 15 is 0 Å². The van der Waals surface area contributed by atoms with E-state index in [1.807, 2.05) is 13.0 Å². The fourth-order valence-corrected chi connectivity index (χ4v) is 3.13. The first-order valence-corrected chi connectivity index (χ1v) is 9.12. The number of allylic oxidation sites excluding steroid dienone is 6. The highest BCUT2D eigenvalue weighted by Crippen LogP contribution is 2.38. The van der Waals surface area contributed by atoms with Crippen LogP contribution in [0.1, 0.15) is 41.0 Å². The van der Waals surface area contributed by atoms with Crippen molar-refractivity contribution < 1.29 is 23.9 Å². The molecule has 0 saturated heterocycles. The van der Waals surface area contributed by atoms with Crippen molar-refractivity contribution >= 4 is 29.1 Å². The molecule has 27 heavy (non-hydrogen) atoms. The molecule has 0 bridgehead atoms. The van der Waals surface area contributed by atoms with Crippen molar-refractivity contribution in [2.45, 2.75) is 46.6 Å². The van der Waals surface area contributed by atoms with Crippen LogP contribution in [0.5, 0.6) is 0 Å². The van der Waals surface area contributed by atoms with Crippen molar-refractivity contribution in [3.63, 3.8) is 0 Å². The van der Waals surface area contributed by atoms with Crippen LogP contribution in [0.3, 0.4) is 0 Å². The lowest BCUT2D eigenvalue weighted by Gasteiger charge is -2.32. The Hall–Kier alpha value is -2.40. The molecule has 0 N–H and O–H groups in total. The highest BCUT2D eigenvalue weighted by atomic mass is 35.5. The third-order valence-corrected chi connectivity index (χ3v) is 4.86. The molecule has 0 aromatic rings. The molecule has 144 valence electrons. The number of halogens is 1. The minimum atomic E-state index is -1.97. The summed E-state index contributed by atoms with van der Waals surface area (Å²) >= 11 is 6.20. The molecule has 0 fully saturated rings. The van der Waals surface area contributed by atoms with Gasteiger partial charge in [0.1, 0.15) is 12.0 Å². The summed E-state index contributed by atoms with van der Waals surface area (Å²) in [5, 5.41) is -0.161. The summed E-state index contributed by atoms with van der Waals surface area (Å²) < 4.78 is 10.5. The van der Waals surface area contributed by atoms with Gasteiger partial charge in [-0.1, -0.05) is 49.6 Å². The molecule has 1 heterocycles. The van der Waals surface area contributed by atoms with Crippen molar-refractivity contribution in [1.82, 2.24) is 0 Å². The fraction of sp³-hybridized carbons (Fsp3) is 0.381. The molecule has 1 aliphatic heterocycles. The van der Waals surface area contributed by atoms with Gasteiger partial charge in [0.05, 0.1) is 10.6 Å². The highest BCUT2D eigenvalue weighted by Gasteiger charge is 2.52. The number of hydrogen-bond acceptors (Lipinski definition) is 5. The Morgan fingerprint density at radius 3 is 2.59 bits per heavy atom. The van der Waals surface area contributed by atoms with E-state index in [0.29, 0.717) is 11.7 Å². The van der Waals surface area contributed by atoms with Crippen LogP contribution in [-0.4, -0.2) is 23.1 Å². The van der Waals surface area contributed by atoms with Crippen molar-refractivity contribution in [2.24, 2.45) is 5.92 Å². The molecule has 5 nitrogen and oxygen atoms in total. The Kier molecular flexibility index (Phi) is 6.26. The summed E-state index contributed by atoms with van der Waals surface area (Å²) in [4.78, 5) is 36.6. The Bertz CT molecular complexity index is 841. The van der Waals surface area contributed by atoms with Gasteiger partial charge in [0, 0.05) is 12.5 Å². The van der Waals surface area contributed by atoms with Crippen LogP contribution in [0.4, 0.5) is 0 Å². The maximum atomic E-state index is 12.7. The van der Waals surface area contributed by atoms with E-state index in [0.717, 1.165) is 18.9 Å². The minimum absolute atomic E-state index is 0.104. The fourth-order valence-electron chi connectivity index (χ4n) is 2.80. The average Bonchev–Trinajstić information content (AvgIpc) is 2.62. The molecule has 0 aromatic heterocycles. The summed E-state index contributed by atoms with van der Waals surface area (Å²) in [7, 11) is 0. The number of esters is 1. The molecule has 2 atom stereocenters. The average molecular weight is 391 g/mol. The molecule has 2 rings (SSSR count). The normalized spacial score (nSPS) is 24.3. The van der Waals surface area contributed by atoms with Gasteiger partial charge in [-0.3, -0.25) is 14.4 Å². The van der Waals surface area contributed by atoms with Gasteiger partial charge in [0.2, 0.25) is 17.2 Å². The zero-order chi connectivity index (χ0) is 20.4. The Labute approximate surface area is 164 Å². The summed E-state index contributed by atoms with van der Waals surface area (Å²) in [5.74, 6) is -1.24. The monoisotopic (exact) mass is 390 g/mol. The van der Waals surface area contributed by atoms with Gasteiger partial charge in [0.15, 0.2) is 0 Å². The molecule has 0 unspecified atom stereocenters. The Morgan fingerprint density at radius 2 is 2.00 bits per heavy atom. The second-order valence-corrected chi connectivity index (χ2v) is 7.22. The lowest BCUT2D eigenvalue weighted by atomic mass is 9.80. The molecular formula is C21H23ClO5. The van der Waals surface area contributed by atoms with Gasteiger partial charge in [-0.15, -0.1) is 0 Å². The van der Waals surface area contributed by atoms with E-state index in [1.54, 1.807) is 6.08 Å². The predicted octanol–water partition coefficient (Wildman–Crippen LogP) is 4.30. The molecule has 6 heteroatoms. The van der Waals surface area contributed by atoms with E-state index in [-0.39, 0.29) is 16.2 Å². The number of hydrogen-bond donors (Lipinski definition) is 0. The van der Waals surface area contributed by atoms with E-state index < -0.39 is 23.1 Å². The van der Waals surface area contributed by atoms with Crippen LogP contribution >= 0.6 is 11.6 Å². The number of carbonyl (C=O) groups excluding carboxylic acids is 3. The molecule has 0 spiro atoms. The summed E-state index contributed by atoms with van der Waals surface area (Å²) in [6.45, 7) is 8.60. The van der Waals surface area contributed by atoms with Crippen molar-refractivity contribution in [1.29, 1.82) is 0 Å². The standard InChI is InChI=1S/C21H23ClO5/c1-6-12(2)9-13(3)7-8-15-10-16-17(11-26-15)19(24)21(5,27-14(4)23)20(25)18(16)22/h7-12H,6H2,1-5H3/b8-7-,13-9+/t12-,21+/m0/s1. The first kappa shape index (κ1) is 20.9. The quantitative estimate of drug-likeness (QED) is 0.397. The maximum Gasteiger partial charge on any atom is 0.304 e. The second-order valence-electron chi connectivity index (χ2n) is 6.84. The number of carbonyl (C=O) groups is 3. The Morgan fingerprint density at radius 1 is 1.33 bits per heavy atom. The molecule has 0 amide bonds. The van der Waals surface area contributed by atoms with Crippen LogP contribution in [0.25, 0.3) is 0 Å². The summed E-state index contributed by atoms with van der Waals surface area (Å²) in [5.41, 5.74) is -0.529. The van der Waals surface area contributed by atoms with Crippen molar-refractivity contribution in [3.05, 3.63) is 58.1 Å². The van der Waals surface area contributed by atoms with Gasteiger partial charge >= 0.3 is 5.97 Å². The van der Waals surface area contributed by atoms with Crippen LogP contribution in [-0.2, 0) is 23.9 Å². The van der Waals surface area contributed by atoms with Gasteiger partial charge in [0.25, 0.3) is 0 Å². The van der Waals surface area contributed by atoms with E-state index in [9.17, 15) is 14.4 Å². The summed E-state index contributed by atoms with van der Waals surface area (Å²) in [6.07, 6.45) is 9.60. The number of Topliss-reactive ketones (excluding diaryl/α,β-unsaturated/α-hetero) is 2. The molecule has 2 aliphatic rings. The van der Waals surface area contributed by atoms with Gasteiger partial charge < -0.3 is 9.47 Å². The first-order chi connectivity index (χ1) is 12.6. The smallest absolute Gasteiger partial charge is 0.304 e. The molecule has 1 aliphatic carbocycles. The SMILES string of the molecule is CC[C@H](C)/C=C(C)/C=C\C1=CC2=C(Cl)C(=O)[C@](C)(OC(C)=O)C(=O)C2=CO1. The third-order valence-electron chi connectivity index (χ3n) is 4.49.